The number of pyridine rings is 1. The second-order valence-electron chi connectivity index (χ2n) is 4.77. The molecule has 6 heteroatoms. The van der Waals surface area contributed by atoms with Crippen molar-refractivity contribution in [1.82, 2.24) is 10.3 Å². The molecule has 0 aromatic carbocycles. The fraction of sp³-hybridized carbons (Fsp3) is 0.538. The molecule has 0 bridgehead atoms. The number of carbonyl (C=O) groups excluding carboxylic acids is 1. The predicted octanol–water partition coefficient (Wildman–Crippen LogP) is 1.45. The van der Waals surface area contributed by atoms with E-state index in [1.807, 2.05) is 31.1 Å². The van der Waals surface area contributed by atoms with E-state index in [2.05, 4.69) is 15.6 Å². The monoisotopic (exact) mass is 264 g/mol. The van der Waals surface area contributed by atoms with Crippen molar-refractivity contribution in [3.63, 3.8) is 0 Å². The number of hydrogen-bond donors (Lipinski definition) is 2. The standard InChI is InChI=1S/C13H20N4O2/c1-17(2)12-6-5-10(8-14-12)16-13(18)15-9-11-4-3-7-19-11/h5-6,8,11H,3-4,7,9H2,1-2H3,(H2,15,16,18). The van der Waals surface area contributed by atoms with Crippen LogP contribution >= 0.6 is 0 Å². The van der Waals surface area contributed by atoms with Crippen LogP contribution in [0.25, 0.3) is 0 Å². The molecule has 2 N–H and O–H groups in total. The van der Waals surface area contributed by atoms with Crippen LogP contribution in [0.4, 0.5) is 16.3 Å². The maximum atomic E-state index is 11.7. The van der Waals surface area contributed by atoms with E-state index in [-0.39, 0.29) is 12.1 Å². The number of anilines is 2. The maximum absolute atomic E-state index is 11.7. The van der Waals surface area contributed by atoms with Crippen LogP contribution in [-0.4, -0.2) is 44.4 Å². The van der Waals surface area contributed by atoms with E-state index < -0.39 is 0 Å². The topological polar surface area (TPSA) is 66.5 Å². The zero-order chi connectivity index (χ0) is 13.7. The Labute approximate surface area is 113 Å². The molecule has 1 aromatic rings. The molecule has 1 fully saturated rings. The summed E-state index contributed by atoms with van der Waals surface area (Å²) >= 11 is 0. The van der Waals surface area contributed by atoms with Gasteiger partial charge in [0, 0.05) is 27.2 Å². The van der Waals surface area contributed by atoms with Crippen LogP contribution in [0.1, 0.15) is 12.8 Å². The lowest BCUT2D eigenvalue weighted by Gasteiger charge is -2.13. The van der Waals surface area contributed by atoms with Gasteiger partial charge in [0.1, 0.15) is 5.82 Å². The van der Waals surface area contributed by atoms with Gasteiger partial charge >= 0.3 is 6.03 Å². The van der Waals surface area contributed by atoms with Crippen LogP contribution in [0.3, 0.4) is 0 Å². The van der Waals surface area contributed by atoms with E-state index in [0.717, 1.165) is 25.3 Å². The predicted molar refractivity (Wildman–Crippen MR) is 74.6 cm³/mol. The average Bonchev–Trinajstić information content (AvgIpc) is 2.90. The Morgan fingerprint density at radius 1 is 1.53 bits per heavy atom. The summed E-state index contributed by atoms with van der Waals surface area (Å²) in [5.74, 6) is 0.852. The molecule has 6 nitrogen and oxygen atoms in total. The first-order chi connectivity index (χ1) is 9.15. The first-order valence-electron chi connectivity index (χ1n) is 6.45. The van der Waals surface area contributed by atoms with Crippen molar-refractivity contribution in [3.8, 4) is 0 Å². The molecule has 1 aliphatic heterocycles. The highest BCUT2D eigenvalue weighted by Crippen LogP contribution is 2.12. The maximum Gasteiger partial charge on any atom is 0.319 e. The zero-order valence-electron chi connectivity index (χ0n) is 11.3. The number of amides is 2. The Morgan fingerprint density at radius 3 is 2.95 bits per heavy atom. The van der Waals surface area contributed by atoms with Crippen molar-refractivity contribution in [2.45, 2.75) is 18.9 Å². The smallest absolute Gasteiger partial charge is 0.319 e. The van der Waals surface area contributed by atoms with Crippen LogP contribution in [0, 0.1) is 0 Å². The van der Waals surface area contributed by atoms with Crippen LogP contribution < -0.4 is 15.5 Å². The summed E-state index contributed by atoms with van der Waals surface area (Å²) in [6.45, 7) is 1.35. The van der Waals surface area contributed by atoms with Crippen LogP contribution in [0.2, 0.25) is 0 Å². The third kappa shape index (κ3) is 4.10. The number of nitrogens with one attached hydrogen (secondary N) is 2. The Bertz CT molecular complexity index is 413. The minimum absolute atomic E-state index is 0.153. The van der Waals surface area contributed by atoms with Gasteiger partial charge in [-0.25, -0.2) is 9.78 Å². The molecule has 1 unspecified atom stereocenters. The molecule has 0 saturated carbocycles. The molecule has 19 heavy (non-hydrogen) atoms. The molecule has 0 radical (unpaired) electrons. The summed E-state index contributed by atoms with van der Waals surface area (Å²) in [5.41, 5.74) is 0.676. The highest BCUT2D eigenvalue weighted by Gasteiger charge is 2.16. The first-order valence-corrected chi connectivity index (χ1v) is 6.45. The fourth-order valence-corrected chi connectivity index (χ4v) is 1.91. The number of ether oxygens (including phenoxy) is 1. The molecule has 1 atom stereocenters. The van der Waals surface area contributed by atoms with Gasteiger partial charge in [-0.2, -0.15) is 0 Å². The van der Waals surface area contributed by atoms with Gasteiger partial charge in [0.25, 0.3) is 0 Å². The Morgan fingerprint density at radius 2 is 2.37 bits per heavy atom. The molecule has 0 spiro atoms. The molecule has 2 amide bonds. The largest absolute Gasteiger partial charge is 0.376 e. The van der Waals surface area contributed by atoms with Crippen LogP contribution in [0.15, 0.2) is 18.3 Å². The van der Waals surface area contributed by atoms with Crippen molar-refractivity contribution in [2.75, 3.05) is 37.5 Å². The quantitative estimate of drug-likeness (QED) is 0.863. The van der Waals surface area contributed by atoms with Gasteiger partial charge in [0.2, 0.25) is 0 Å². The molecule has 1 aliphatic rings. The molecule has 1 saturated heterocycles. The molecule has 1 aromatic heterocycles. The molecule has 104 valence electrons. The van der Waals surface area contributed by atoms with Gasteiger partial charge < -0.3 is 20.3 Å². The lowest BCUT2D eigenvalue weighted by atomic mass is 10.2. The molecule has 2 rings (SSSR count). The van der Waals surface area contributed by atoms with Crippen molar-refractivity contribution in [2.24, 2.45) is 0 Å². The van der Waals surface area contributed by atoms with Gasteiger partial charge in [-0.3, -0.25) is 0 Å². The summed E-state index contributed by atoms with van der Waals surface area (Å²) in [6, 6.07) is 3.46. The van der Waals surface area contributed by atoms with Gasteiger partial charge in [-0.05, 0) is 25.0 Å². The summed E-state index contributed by atoms with van der Waals surface area (Å²) in [5, 5.41) is 5.54. The Balaban J connectivity index is 1.77. The normalized spacial score (nSPS) is 18.1. The zero-order valence-corrected chi connectivity index (χ0v) is 11.3. The second-order valence-corrected chi connectivity index (χ2v) is 4.77. The van der Waals surface area contributed by atoms with Crippen molar-refractivity contribution in [1.29, 1.82) is 0 Å². The summed E-state index contributed by atoms with van der Waals surface area (Å²) in [7, 11) is 3.84. The van der Waals surface area contributed by atoms with E-state index in [9.17, 15) is 4.79 Å². The SMILES string of the molecule is CN(C)c1ccc(NC(=O)NCC2CCCO2)cn1. The van der Waals surface area contributed by atoms with Gasteiger partial charge in [-0.1, -0.05) is 0 Å². The second kappa shape index (κ2) is 6.38. The number of hydrogen-bond acceptors (Lipinski definition) is 4. The highest BCUT2D eigenvalue weighted by molar-refractivity contribution is 5.89. The summed E-state index contributed by atoms with van der Waals surface area (Å²) < 4.78 is 5.44. The molecular weight excluding hydrogens is 244 g/mol. The van der Waals surface area contributed by atoms with Gasteiger partial charge in [0.05, 0.1) is 18.0 Å². The van der Waals surface area contributed by atoms with Crippen LogP contribution in [0.5, 0.6) is 0 Å². The van der Waals surface area contributed by atoms with Gasteiger partial charge in [-0.15, -0.1) is 0 Å². The number of urea groups is 1. The third-order valence-electron chi connectivity index (χ3n) is 2.98. The summed E-state index contributed by atoms with van der Waals surface area (Å²) in [4.78, 5) is 17.8. The number of aromatic nitrogens is 1. The minimum Gasteiger partial charge on any atom is -0.376 e. The first kappa shape index (κ1) is 13.6. The van der Waals surface area contributed by atoms with Crippen molar-refractivity contribution >= 4 is 17.5 Å². The number of nitrogens with zero attached hydrogens (tertiary/aromatic N) is 2. The minimum atomic E-state index is -0.227. The third-order valence-corrected chi connectivity index (χ3v) is 2.98. The average molecular weight is 264 g/mol. The molecule has 0 aliphatic carbocycles. The van der Waals surface area contributed by atoms with E-state index >= 15 is 0 Å². The highest BCUT2D eigenvalue weighted by atomic mass is 16.5. The number of rotatable bonds is 4. The molecule has 2 heterocycles. The van der Waals surface area contributed by atoms with E-state index in [4.69, 9.17) is 4.74 Å². The van der Waals surface area contributed by atoms with E-state index in [1.54, 1.807) is 6.20 Å². The van der Waals surface area contributed by atoms with E-state index in [0.29, 0.717) is 12.2 Å². The lowest BCUT2D eigenvalue weighted by molar-refractivity contribution is 0.112. The fourth-order valence-electron chi connectivity index (χ4n) is 1.91. The van der Waals surface area contributed by atoms with Gasteiger partial charge in [0.15, 0.2) is 0 Å². The van der Waals surface area contributed by atoms with Crippen molar-refractivity contribution in [3.05, 3.63) is 18.3 Å². The van der Waals surface area contributed by atoms with Crippen molar-refractivity contribution < 1.29 is 9.53 Å². The Kier molecular flexibility index (Phi) is 4.57. The molecular formula is C13H20N4O2. The Hall–Kier alpha value is -1.82. The lowest BCUT2D eigenvalue weighted by Crippen LogP contribution is -2.35. The number of carbonyl (C=O) groups is 1. The summed E-state index contributed by atoms with van der Waals surface area (Å²) in [6.07, 6.45) is 3.88. The van der Waals surface area contributed by atoms with E-state index in [1.165, 1.54) is 0 Å². The van der Waals surface area contributed by atoms with Crippen LogP contribution in [-0.2, 0) is 4.74 Å².